The average Bonchev–Trinajstić information content (AvgIpc) is 1.38. The molecule has 0 unspecified atom stereocenters. The van der Waals surface area contributed by atoms with Crippen molar-refractivity contribution in [3.8, 4) is 73.2 Å². The molecule has 0 bridgehead atoms. The molecule has 3 heterocycles. The first-order chi connectivity index (χ1) is 42.8. The number of benzene rings is 9. The van der Waals surface area contributed by atoms with Crippen molar-refractivity contribution in [1.29, 1.82) is 0 Å². The van der Waals surface area contributed by atoms with Crippen LogP contribution in [-0.2, 0) is 31.9 Å². The number of aryl methyl sites for hydroxylation is 2. The molecule has 5 nitrogen and oxygen atoms in total. The summed E-state index contributed by atoms with van der Waals surface area (Å²) in [5.74, 6) is 0.615. The van der Waals surface area contributed by atoms with E-state index in [0.717, 1.165) is 27.6 Å². The Morgan fingerprint density at radius 2 is 1.24 bits per heavy atom. The molecular formula is C70H58N4OPt-2. The molecule has 6 heteroatoms. The molecule has 0 aliphatic heterocycles. The maximum absolute atomic E-state index is 9.36. The average molecular weight is 1180 g/mol. The summed E-state index contributed by atoms with van der Waals surface area (Å²) in [6.45, 7) is 7.09. The van der Waals surface area contributed by atoms with Crippen LogP contribution in [0.1, 0.15) is 85.7 Å². The number of fused-ring (bicyclic) bond motifs is 4. The van der Waals surface area contributed by atoms with Gasteiger partial charge >= 0.3 is 0 Å². The van der Waals surface area contributed by atoms with Gasteiger partial charge in [-0.2, -0.15) is 18.2 Å². The number of imidazole rings is 1. The predicted molar refractivity (Wildman–Crippen MR) is 309 cm³/mol. The molecule has 0 saturated carbocycles. The summed E-state index contributed by atoms with van der Waals surface area (Å²) in [5, 5.41) is 1.50. The van der Waals surface area contributed by atoms with Gasteiger partial charge < -0.3 is 13.9 Å². The Labute approximate surface area is 483 Å². The molecule has 0 aliphatic carbocycles. The SMILES string of the molecule is [2H]c1c([2H])c([2H])c(-c2cnc(-n3c4[c-]c(Oc5[c-]c(-n6[c-][n+](-c7c(-c8cccc(C(C)(C)C)c8)cc(C([2H])([2H])[2H])cc7-c7c([2H])c([2H])c([2H])c([2H])c7[2H])c7ccc(-c8ccc(C(C)(C)C)cc8)cc76)ccc5)ccc4c4ccccc43)cc2C([2H])([2H])[2H])c([2H])c1[2H].[Pt]. The van der Waals surface area contributed by atoms with Crippen LogP contribution < -0.4 is 9.30 Å². The van der Waals surface area contributed by atoms with E-state index >= 15 is 0 Å². The van der Waals surface area contributed by atoms with Gasteiger partial charge in [0.2, 0.25) is 0 Å². The van der Waals surface area contributed by atoms with Crippen LogP contribution >= 0.6 is 0 Å². The fourth-order valence-electron chi connectivity index (χ4n) is 9.69. The van der Waals surface area contributed by atoms with E-state index in [0.29, 0.717) is 50.0 Å². The molecule has 0 saturated heterocycles. The summed E-state index contributed by atoms with van der Waals surface area (Å²) in [4.78, 5) is 4.71. The third-order valence-electron chi connectivity index (χ3n) is 13.5. The third kappa shape index (κ3) is 9.39. The van der Waals surface area contributed by atoms with E-state index in [1.165, 1.54) is 18.3 Å². The van der Waals surface area contributed by atoms with E-state index in [-0.39, 0.29) is 82.6 Å². The van der Waals surface area contributed by atoms with Gasteiger partial charge in [0.1, 0.15) is 5.82 Å². The molecule has 76 heavy (non-hydrogen) atoms. The third-order valence-corrected chi connectivity index (χ3v) is 13.5. The normalized spacial score (nSPS) is 15.2. The van der Waals surface area contributed by atoms with Crippen LogP contribution in [0.2, 0.25) is 0 Å². The molecule has 3 aromatic heterocycles. The molecule has 0 fully saturated rings. The topological polar surface area (TPSA) is 35.9 Å². The van der Waals surface area contributed by atoms with E-state index in [1.54, 1.807) is 38.0 Å². The first kappa shape index (κ1) is 34.5. The van der Waals surface area contributed by atoms with Gasteiger partial charge in [-0.15, -0.1) is 29.7 Å². The molecule has 376 valence electrons. The van der Waals surface area contributed by atoms with Crippen molar-refractivity contribution in [2.45, 2.75) is 66.1 Å². The smallest absolute Gasteiger partial charge is 0.268 e. The van der Waals surface area contributed by atoms with Crippen molar-refractivity contribution >= 4 is 32.8 Å². The Balaban J connectivity index is 0.00000867. The van der Waals surface area contributed by atoms with Crippen LogP contribution in [-0.4, -0.2) is 14.1 Å². The van der Waals surface area contributed by atoms with E-state index in [2.05, 4.69) is 84.3 Å². The largest absolute Gasteiger partial charge is 0.510 e. The fourth-order valence-corrected chi connectivity index (χ4v) is 9.69. The number of aromatic nitrogens is 4. The van der Waals surface area contributed by atoms with Crippen molar-refractivity contribution in [2.75, 3.05) is 0 Å². The van der Waals surface area contributed by atoms with Gasteiger partial charge in [-0.05, 0) is 109 Å². The Kier molecular flexibility index (Phi) is 9.01. The quantitative estimate of drug-likeness (QED) is 0.107. The van der Waals surface area contributed by atoms with Gasteiger partial charge in [-0.1, -0.05) is 204 Å². The summed E-state index contributed by atoms with van der Waals surface area (Å²) in [7, 11) is 0. The first-order valence-corrected chi connectivity index (χ1v) is 24.5. The van der Waals surface area contributed by atoms with Crippen LogP contribution in [0.5, 0.6) is 11.5 Å². The summed E-state index contributed by atoms with van der Waals surface area (Å²) in [6.07, 6.45) is 4.80. The molecule has 0 N–H and O–H groups in total. The van der Waals surface area contributed by atoms with Crippen molar-refractivity contribution in [3.05, 3.63) is 247 Å². The number of hydrogen-bond donors (Lipinski definition) is 0. The molecule has 0 atom stereocenters. The van der Waals surface area contributed by atoms with Gasteiger partial charge in [0.25, 0.3) is 6.33 Å². The first-order valence-electron chi connectivity index (χ1n) is 32.5. The van der Waals surface area contributed by atoms with Crippen molar-refractivity contribution in [2.24, 2.45) is 0 Å². The van der Waals surface area contributed by atoms with E-state index < -0.39 is 74.1 Å². The zero-order valence-electron chi connectivity index (χ0n) is 58.4. The number of ether oxygens (including phenoxy) is 1. The van der Waals surface area contributed by atoms with Crippen LogP contribution in [0, 0.1) is 32.2 Å². The van der Waals surface area contributed by atoms with Gasteiger partial charge in [-0.25, -0.2) is 4.98 Å². The summed E-state index contributed by atoms with van der Waals surface area (Å²) < 4.78 is 151. The molecule has 0 aliphatic rings. The number of rotatable bonds is 9. The van der Waals surface area contributed by atoms with E-state index in [1.807, 2.05) is 78.9 Å². The van der Waals surface area contributed by atoms with Crippen LogP contribution in [0.25, 0.3) is 94.5 Å². The summed E-state index contributed by atoms with van der Waals surface area (Å²) >= 11 is 0. The maximum Gasteiger partial charge on any atom is 0.268 e. The van der Waals surface area contributed by atoms with Gasteiger partial charge in [0.05, 0.1) is 30.4 Å². The fraction of sp³-hybridized carbons (Fsp3) is 0.143. The van der Waals surface area contributed by atoms with Crippen LogP contribution in [0.4, 0.5) is 0 Å². The van der Waals surface area contributed by atoms with Crippen molar-refractivity contribution in [1.82, 2.24) is 14.1 Å². The van der Waals surface area contributed by atoms with Crippen molar-refractivity contribution < 1.29 is 52.3 Å². The van der Waals surface area contributed by atoms with Crippen molar-refractivity contribution in [3.63, 3.8) is 0 Å². The minimum Gasteiger partial charge on any atom is -0.510 e. The zero-order chi connectivity index (χ0) is 65.3. The second-order valence-corrected chi connectivity index (χ2v) is 20.6. The zero-order valence-corrected chi connectivity index (χ0v) is 44.6. The maximum atomic E-state index is 9.36. The Hall–Kier alpha value is -8.11. The number of nitrogens with zero attached hydrogens (tertiary/aromatic N) is 4. The molecular weight excluding hydrogens is 1110 g/mol. The number of para-hydroxylation sites is 1. The number of hydrogen-bond acceptors (Lipinski definition) is 2. The van der Waals surface area contributed by atoms with Gasteiger partial charge in [0.15, 0.2) is 0 Å². The van der Waals surface area contributed by atoms with Crippen LogP contribution in [0.3, 0.4) is 0 Å². The van der Waals surface area contributed by atoms with E-state index in [4.69, 9.17) is 28.9 Å². The Bertz CT molecular complexity index is 4920. The molecule has 0 amide bonds. The number of pyridine rings is 1. The molecule has 12 aromatic rings. The minimum absolute atomic E-state index is 0. The van der Waals surface area contributed by atoms with Gasteiger partial charge in [-0.3, -0.25) is 4.57 Å². The van der Waals surface area contributed by atoms with E-state index in [9.17, 15) is 2.74 Å². The molecule has 0 spiro atoms. The van der Waals surface area contributed by atoms with Gasteiger partial charge in [0, 0.05) is 58.1 Å². The second kappa shape index (κ2) is 19.9. The summed E-state index contributed by atoms with van der Waals surface area (Å²) in [6, 6.07) is 43.6. The standard InChI is InChI=1S/C70H58N4O.Pt/c1-46-37-60(49-19-11-9-12-20-49)68(61(38-46)52-23-17-24-54(40-52)70(6,7)8)73-45-72(66-41-51(31-36-64(66)73)48-29-32-53(33-30-48)69(3,4)5)55-25-18-26-56(42-55)75-57-34-35-59-58-27-15-16-28-63(58)74(65(59)43-57)67-39-47(2)62(44-71-67)50-21-13-10-14-22-50;/h9-41,44H,1-8H3;/q-2;/i1D3,2D3,9D,10D,11D,12D,13D,14D,19D,20D,21D,22D;. The van der Waals surface area contributed by atoms with Crippen LogP contribution in [0.15, 0.2) is 206 Å². The Morgan fingerprint density at radius 1 is 0.553 bits per heavy atom. The molecule has 12 rings (SSSR count). The predicted octanol–water partition coefficient (Wildman–Crippen LogP) is 17.5. The molecule has 9 aromatic carbocycles. The minimum atomic E-state index is -2.83. The monoisotopic (exact) mass is 1180 g/mol. The summed E-state index contributed by atoms with van der Waals surface area (Å²) in [5.41, 5.74) is 6.32. The second-order valence-electron chi connectivity index (χ2n) is 20.6. The molecule has 0 radical (unpaired) electrons. The Morgan fingerprint density at radius 3 is 1.96 bits per heavy atom.